The largest absolute Gasteiger partial charge is 0.326 e. The van der Waals surface area contributed by atoms with E-state index in [1.54, 1.807) is 6.08 Å². The highest BCUT2D eigenvalue weighted by atomic mass is 32.2. The van der Waals surface area contributed by atoms with Crippen molar-refractivity contribution in [3.05, 3.63) is 70.6 Å². The lowest BCUT2D eigenvalue weighted by atomic mass is 10.2. The zero-order valence-electron chi connectivity index (χ0n) is 15.0. The topological polar surface area (TPSA) is 66.5 Å². The van der Waals surface area contributed by atoms with E-state index >= 15 is 0 Å². The molecule has 138 valence electrons. The Hall–Kier alpha value is -2.86. The Kier molecular flexibility index (Phi) is 6.08. The van der Waals surface area contributed by atoms with E-state index in [1.165, 1.54) is 4.90 Å². The summed E-state index contributed by atoms with van der Waals surface area (Å²) in [6, 6.07) is 16.9. The Morgan fingerprint density at radius 1 is 1.07 bits per heavy atom. The van der Waals surface area contributed by atoms with Crippen LogP contribution in [0.5, 0.6) is 0 Å². The number of carbonyl (C=O) groups excluding carboxylic acids is 3. The lowest BCUT2D eigenvalue weighted by Crippen LogP contribution is -2.29. The molecule has 1 N–H and O–H groups in total. The van der Waals surface area contributed by atoms with Gasteiger partial charge >= 0.3 is 0 Å². The summed E-state index contributed by atoms with van der Waals surface area (Å²) in [5, 5.41) is 2.52. The lowest BCUT2D eigenvalue weighted by molar-refractivity contribution is -0.123. The molecule has 2 aromatic carbocycles. The molecule has 1 aliphatic heterocycles. The van der Waals surface area contributed by atoms with E-state index in [9.17, 15) is 14.4 Å². The summed E-state index contributed by atoms with van der Waals surface area (Å²) < 4.78 is 0. The fraction of sp³-hybridized carbons (Fsp3) is 0.190. The molecule has 0 spiro atoms. The number of hydrogen-bond donors (Lipinski definition) is 1. The molecule has 0 aromatic heterocycles. The number of benzene rings is 2. The van der Waals surface area contributed by atoms with Gasteiger partial charge in [0.05, 0.1) is 4.91 Å². The number of hydrogen-bond acceptors (Lipinski definition) is 4. The van der Waals surface area contributed by atoms with E-state index in [4.69, 9.17) is 0 Å². The van der Waals surface area contributed by atoms with Crippen molar-refractivity contribution >= 4 is 40.6 Å². The maximum atomic E-state index is 12.4. The van der Waals surface area contributed by atoms with Crippen molar-refractivity contribution < 1.29 is 14.4 Å². The highest BCUT2D eigenvalue weighted by molar-refractivity contribution is 8.18. The number of nitrogens with one attached hydrogen (secondary N) is 1. The fourth-order valence-corrected chi connectivity index (χ4v) is 3.52. The molecule has 0 bridgehead atoms. The SMILES string of the molecule is Cc1ccc(NC(=O)CCCN2C(=O)SC(=Cc3ccccc3)C2=O)cc1. The van der Waals surface area contributed by atoms with Crippen LogP contribution in [0.3, 0.4) is 0 Å². The van der Waals surface area contributed by atoms with Crippen LogP contribution in [0.4, 0.5) is 10.5 Å². The number of nitrogens with zero attached hydrogens (tertiary/aromatic N) is 1. The van der Waals surface area contributed by atoms with Crippen molar-refractivity contribution in [2.75, 3.05) is 11.9 Å². The summed E-state index contributed by atoms with van der Waals surface area (Å²) >= 11 is 0.937. The summed E-state index contributed by atoms with van der Waals surface area (Å²) in [7, 11) is 0. The van der Waals surface area contributed by atoms with Gasteiger partial charge in [0.25, 0.3) is 11.1 Å². The van der Waals surface area contributed by atoms with Crippen molar-refractivity contribution in [3.63, 3.8) is 0 Å². The minimum Gasteiger partial charge on any atom is -0.326 e. The standard InChI is InChI=1S/C21H20N2O3S/c1-15-9-11-17(12-10-15)22-19(24)8-5-13-23-20(25)18(27-21(23)26)14-16-6-3-2-4-7-16/h2-4,6-7,9-12,14H,5,8,13H2,1H3,(H,22,24). The van der Waals surface area contributed by atoms with E-state index in [0.717, 1.165) is 28.6 Å². The summed E-state index contributed by atoms with van der Waals surface area (Å²) in [6.45, 7) is 2.21. The average molecular weight is 380 g/mol. The Morgan fingerprint density at radius 3 is 2.48 bits per heavy atom. The zero-order valence-corrected chi connectivity index (χ0v) is 15.8. The molecule has 5 nitrogen and oxygen atoms in total. The molecule has 1 aliphatic rings. The van der Waals surface area contributed by atoms with Crippen LogP contribution in [0.15, 0.2) is 59.5 Å². The normalized spacial score (nSPS) is 15.4. The molecule has 1 saturated heterocycles. The molecule has 27 heavy (non-hydrogen) atoms. The van der Waals surface area contributed by atoms with E-state index in [1.807, 2.05) is 61.5 Å². The van der Waals surface area contributed by atoms with E-state index < -0.39 is 0 Å². The molecular weight excluding hydrogens is 360 g/mol. The van der Waals surface area contributed by atoms with Gasteiger partial charge in [0.15, 0.2) is 0 Å². The molecular formula is C21H20N2O3S. The van der Waals surface area contributed by atoms with Crippen molar-refractivity contribution in [3.8, 4) is 0 Å². The highest BCUT2D eigenvalue weighted by Crippen LogP contribution is 2.32. The van der Waals surface area contributed by atoms with E-state index in [2.05, 4.69) is 5.32 Å². The molecule has 0 atom stereocenters. The lowest BCUT2D eigenvalue weighted by Gasteiger charge is -2.12. The first-order chi connectivity index (χ1) is 13.0. The molecule has 6 heteroatoms. The van der Waals surface area contributed by atoms with E-state index in [-0.39, 0.29) is 30.0 Å². The van der Waals surface area contributed by atoms with Gasteiger partial charge in [-0.1, -0.05) is 48.0 Å². The second-order valence-electron chi connectivity index (χ2n) is 6.26. The van der Waals surface area contributed by atoms with Gasteiger partial charge in [0.1, 0.15) is 0 Å². The Morgan fingerprint density at radius 2 is 1.78 bits per heavy atom. The van der Waals surface area contributed by atoms with Crippen LogP contribution in [0, 0.1) is 6.92 Å². The van der Waals surface area contributed by atoms with Crippen LogP contribution in [-0.2, 0) is 9.59 Å². The number of thioether (sulfide) groups is 1. The quantitative estimate of drug-likeness (QED) is 0.752. The van der Waals surface area contributed by atoms with Gasteiger partial charge < -0.3 is 5.32 Å². The molecule has 3 amide bonds. The third-order valence-electron chi connectivity index (χ3n) is 4.09. The first-order valence-electron chi connectivity index (χ1n) is 8.70. The maximum absolute atomic E-state index is 12.4. The van der Waals surface area contributed by atoms with Crippen LogP contribution in [0.1, 0.15) is 24.0 Å². The molecule has 1 heterocycles. The highest BCUT2D eigenvalue weighted by Gasteiger charge is 2.34. The number of imide groups is 1. The average Bonchev–Trinajstić information content (AvgIpc) is 2.92. The van der Waals surface area contributed by atoms with Gasteiger partial charge in [-0.2, -0.15) is 0 Å². The maximum Gasteiger partial charge on any atom is 0.293 e. The fourth-order valence-electron chi connectivity index (χ4n) is 2.65. The zero-order chi connectivity index (χ0) is 19.2. The second-order valence-corrected chi connectivity index (χ2v) is 7.25. The van der Waals surface area contributed by atoms with Gasteiger partial charge in [0, 0.05) is 18.7 Å². The third kappa shape index (κ3) is 5.08. The van der Waals surface area contributed by atoms with Gasteiger partial charge in [-0.3, -0.25) is 19.3 Å². The van der Waals surface area contributed by atoms with Crippen molar-refractivity contribution in [2.24, 2.45) is 0 Å². The van der Waals surface area contributed by atoms with Gasteiger partial charge in [-0.15, -0.1) is 0 Å². The van der Waals surface area contributed by atoms with Crippen molar-refractivity contribution in [1.29, 1.82) is 0 Å². The Labute approximate surface area is 162 Å². The van der Waals surface area contributed by atoms with Gasteiger partial charge in [-0.05, 0) is 48.9 Å². The number of aryl methyl sites for hydroxylation is 1. The van der Waals surface area contributed by atoms with Crippen LogP contribution in [0.2, 0.25) is 0 Å². The summed E-state index contributed by atoms with van der Waals surface area (Å²) in [5.41, 5.74) is 2.74. The van der Waals surface area contributed by atoms with Gasteiger partial charge in [-0.25, -0.2) is 0 Å². The predicted molar refractivity (Wildman–Crippen MR) is 108 cm³/mol. The van der Waals surface area contributed by atoms with Crippen LogP contribution in [-0.4, -0.2) is 28.5 Å². The van der Waals surface area contributed by atoms with Gasteiger partial charge in [0.2, 0.25) is 5.91 Å². The number of rotatable bonds is 6. The summed E-state index contributed by atoms with van der Waals surface area (Å²) in [6.07, 6.45) is 2.39. The first-order valence-corrected chi connectivity index (χ1v) is 9.51. The minimum atomic E-state index is -0.298. The minimum absolute atomic E-state index is 0.134. The molecule has 0 unspecified atom stereocenters. The van der Waals surface area contributed by atoms with Crippen LogP contribution < -0.4 is 5.32 Å². The number of anilines is 1. The second kappa shape index (κ2) is 8.68. The van der Waals surface area contributed by atoms with Crippen molar-refractivity contribution in [1.82, 2.24) is 4.90 Å². The number of carbonyl (C=O) groups is 3. The molecule has 0 saturated carbocycles. The summed E-state index contributed by atoms with van der Waals surface area (Å²) in [5.74, 6) is -0.432. The summed E-state index contributed by atoms with van der Waals surface area (Å²) in [4.78, 5) is 38.2. The molecule has 0 aliphatic carbocycles. The molecule has 2 aromatic rings. The third-order valence-corrected chi connectivity index (χ3v) is 5.00. The van der Waals surface area contributed by atoms with Crippen molar-refractivity contribution in [2.45, 2.75) is 19.8 Å². The molecule has 0 radical (unpaired) electrons. The first kappa shape index (κ1) is 18.9. The van der Waals surface area contributed by atoms with E-state index in [0.29, 0.717) is 11.3 Å². The molecule has 1 fully saturated rings. The van der Waals surface area contributed by atoms with Crippen LogP contribution >= 0.6 is 11.8 Å². The molecule has 3 rings (SSSR count). The Balaban J connectivity index is 1.51. The monoisotopic (exact) mass is 380 g/mol. The number of amides is 3. The smallest absolute Gasteiger partial charge is 0.293 e. The van der Waals surface area contributed by atoms with Crippen LogP contribution in [0.25, 0.3) is 6.08 Å². The predicted octanol–water partition coefficient (Wildman–Crippen LogP) is 4.45. The Bertz CT molecular complexity index is 876.